The second-order valence-electron chi connectivity index (χ2n) is 11.3. The lowest BCUT2D eigenvalue weighted by molar-refractivity contribution is -0.144. The zero-order valence-corrected chi connectivity index (χ0v) is 27.3. The predicted octanol–water partition coefficient (Wildman–Crippen LogP) is 12.2. The first kappa shape index (κ1) is 41.8. The molecule has 280 valence electrons. The molecular weight excluding hydrogens is 720 g/mol. The summed E-state index contributed by atoms with van der Waals surface area (Å²) in [6.45, 7) is 6.01. The maximum atomic E-state index is 12.9. The highest BCUT2D eigenvalue weighted by molar-refractivity contribution is 5.97. The summed E-state index contributed by atoms with van der Waals surface area (Å²) in [6.07, 6.45) is -21.7. The Kier molecular flexibility index (Phi) is 13.5. The van der Waals surface area contributed by atoms with E-state index in [0.717, 1.165) is 5.56 Å². The lowest BCUT2D eigenvalue weighted by atomic mass is 10.0. The number of carbonyl (C=O) groups excluding carboxylic acids is 1. The maximum Gasteiger partial charge on any atom is 0.416 e. The summed E-state index contributed by atoms with van der Waals surface area (Å²) < 4.78 is 165. The molecule has 0 heterocycles. The molecule has 0 spiro atoms. The SMILES string of the molecule is C=C(CO[C@H](C)c1cc(C(F)(F)F)cc(C(F)(F)F)c1)c1ccccc1.C[C@@H](OCC(=O)c1ccccc1)c1cc(C(F)(F)F)cc(C(F)(F)F)c1. The van der Waals surface area contributed by atoms with Crippen molar-refractivity contribution >= 4 is 11.4 Å². The Hall–Kier alpha value is -4.63. The number of rotatable bonds is 10. The molecule has 0 aliphatic rings. The first-order valence-electron chi connectivity index (χ1n) is 15.1. The zero-order valence-electron chi connectivity index (χ0n) is 27.3. The fourth-order valence-corrected chi connectivity index (χ4v) is 4.51. The van der Waals surface area contributed by atoms with Crippen molar-refractivity contribution in [2.24, 2.45) is 0 Å². The van der Waals surface area contributed by atoms with Gasteiger partial charge in [-0.3, -0.25) is 4.79 Å². The van der Waals surface area contributed by atoms with Crippen LogP contribution >= 0.6 is 0 Å². The molecule has 52 heavy (non-hydrogen) atoms. The van der Waals surface area contributed by atoms with Crippen LogP contribution in [0.15, 0.2) is 104 Å². The highest BCUT2D eigenvalue weighted by atomic mass is 19.4. The van der Waals surface area contributed by atoms with E-state index in [1.165, 1.54) is 26.0 Å². The maximum absolute atomic E-state index is 12.9. The average molecular weight is 751 g/mol. The molecule has 2 atom stereocenters. The molecule has 0 saturated heterocycles. The van der Waals surface area contributed by atoms with E-state index in [-0.39, 0.29) is 29.9 Å². The van der Waals surface area contributed by atoms with Gasteiger partial charge in [0.25, 0.3) is 0 Å². The van der Waals surface area contributed by atoms with Crippen molar-refractivity contribution in [1.29, 1.82) is 0 Å². The van der Waals surface area contributed by atoms with E-state index in [9.17, 15) is 57.5 Å². The van der Waals surface area contributed by atoms with Gasteiger partial charge in [0.05, 0.1) is 41.1 Å². The van der Waals surface area contributed by atoms with E-state index in [1.54, 1.807) is 42.5 Å². The molecule has 4 aromatic rings. The van der Waals surface area contributed by atoms with E-state index in [2.05, 4.69) is 6.58 Å². The smallest absolute Gasteiger partial charge is 0.369 e. The van der Waals surface area contributed by atoms with Crippen LogP contribution in [0, 0.1) is 0 Å². The van der Waals surface area contributed by atoms with Crippen LogP contribution in [0.2, 0.25) is 0 Å². The molecule has 0 aromatic heterocycles. The number of halogens is 12. The molecule has 0 aliphatic carbocycles. The second-order valence-corrected chi connectivity index (χ2v) is 11.3. The van der Waals surface area contributed by atoms with Gasteiger partial charge in [0.1, 0.15) is 6.61 Å². The molecule has 0 fully saturated rings. The van der Waals surface area contributed by atoms with Crippen LogP contribution in [0.5, 0.6) is 0 Å². The van der Waals surface area contributed by atoms with Crippen LogP contribution in [-0.4, -0.2) is 19.0 Å². The monoisotopic (exact) mass is 750 g/mol. The third-order valence-corrected chi connectivity index (χ3v) is 7.41. The van der Waals surface area contributed by atoms with Crippen molar-refractivity contribution < 1.29 is 67.0 Å². The molecule has 0 saturated carbocycles. The van der Waals surface area contributed by atoms with Crippen molar-refractivity contribution in [2.45, 2.75) is 50.8 Å². The molecule has 0 aliphatic heterocycles. The minimum atomic E-state index is -4.93. The minimum Gasteiger partial charge on any atom is -0.369 e. The number of Topliss-reactive ketones (excluding diaryl/α,β-unsaturated/α-hetero) is 1. The lowest BCUT2D eigenvalue weighted by Gasteiger charge is -2.19. The van der Waals surface area contributed by atoms with Gasteiger partial charge >= 0.3 is 24.7 Å². The van der Waals surface area contributed by atoms with E-state index in [0.29, 0.717) is 35.4 Å². The van der Waals surface area contributed by atoms with E-state index in [4.69, 9.17) is 9.47 Å². The topological polar surface area (TPSA) is 35.5 Å². The Labute approximate surface area is 290 Å². The molecule has 15 heteroatoms. The van der Waals surface area contributed by atoms with Crippen LogP contribution in [-0.2, 0) is 34.2 Å². The molecule has 0 unspecified atom stereocenters. The molecular formula is C37H30F12O3. The standard InChI is InChI=1S/C19H16F6O.C18H14F6O2/c1-12(14-6-4-3-5-7-14)11-26-13(2)15-8-16(18(20,21)22)10-17(9-15)19(23,24)25;1-11(26-10-16(25)12-5-3-2-4-6-12)13-7-14(17(19,20)21)9-15(8-13)18(22,23)24/h3-10,13H,1,11H2,2H3;2-9,11H,10H2,1H3/t13-;11-/m11/s1. The number of hydrogen-bond acceptors (Lipinski definition) is 3. The Morgan fingerprint density at radius 1 is 0.519 bits per heavy atom. The van der Waals surface area contributed by atoms with Crippen LogP contribution in [0.4, 0.5) is 52.7 Å². The van der Waals surface area contributed by atoms with Gasteiger partial charge < -0.3 is 9.47 Å². The Morgan fingerprint density at radius 2 is 0.827 bits per heavy atom. The first-order chi connectivity index (χ1) is 24.0. The molecule has 4 aromatic carbocycles. The lowest BCUT2D eigenvalue weighted by Crippen LogP contribution is -2.15. The number of carbonyl (C=O) groups is 1. The van der Waals surface area contributed by atoms with Crippen molar-refractivity contribution in [3.8, 4) is 0 Å². The largest absolute Gasteiger partial charge is 0.416 e. The van der Waals surface area contributed by atoms with Crippen molar-refractivity contribution in [1.82, 2.24) is 0 Å². The van der Waals surface area contributed by atoms with E-state index < -0.39 is 71.6 Å². The second kappa shape index (κ2) is 16.8. The first-order valence-corrected chi connectivity index (χ1v) is 15.1. The molecule has 0 N–H and O–H groups in total. The van der Waals surface area contributed by atoms with Gasteiger partial charge in [0.15, 0.2) is 5.78 Å². The van der Waals surface area contributed by atoms with Gasteiger partial charge in [-0.15, -0.1) is 0 Å². The van der Waals surface area contributed by atoms with Crippen LogP contribution in [0.1, 0.15) is 75.4 Å². The van der Waals surface area contributed by atoms with Crippen LogP contribution in [0.3, 0.4) is 0 Å². The van der Waals surface area contributed by atoms with Crippen LogP contribution < -0.4 is 0 Å². The van der Waals surface area contributed by atoms with Crippen molar-refractivity contribution in [3.05, 3.63) is 148 Å². The number of alkyl halides is 12. The number of ether oxygens (including phenoxy) is 2. The van der Waals surface area contributed by atoms with Gasteiger partial charge in [-0.1, -0.05) is 67.2 Å². The number of benzene rings is 4. The molecule has 0 radical (unpaired) electrons. The van der Waals surface area contributed by atoms with Gasteiger partial charge in [0.2, 0.25) is 0 Å². The summed E-state index contributed by atoms with van der Waals surface area (Å²) in [5.74, 6) is -0.430. The van der Waals surface area contributed by atoms with Gasteiger partial charge in [-0.05, 0) is 72.5 Å². The zero-order chi connectivity index (χ0) is 39.1. The summed E-state index contributed by atoms with van der Waals surface area (Å²) >= 11 is 0. The third-order valence-electron chi connectivity index (χ3n) is 7.41. The third kappa shape index (κ3) is 12.3. The van der Waals surface area contributed by atoms with Gasteiger partial charge in [0, 0.05) is 5.56 Å². The number of ketones is 1. The summed E-state index contributed by atoms with van der Waals surface area (Å²) in [6, 6.07) is 19.6. The molecule has 0 amide bonds. The average Bonchev–Trinajstić information content (AvgIpc) is 3.08. The summed E-state index contributed by atoms with van der Waals surface area (Å²) in [7, 11) is 0. The van der Waals surface area contributed by atoms with Crippen molar-refractivity contribution in [3.63, 3.8) is 0 Å². The summed E-state index contributed by atoms with van der Waals surface area (Å²) in [4.78, 5) is 11.9. The molecule has 4 rings (SSSR count). The normalized spacial score (nSPS) is 13.5. The molecule has 0 bridgehead atoms. The van der Waals surface area contributed by atoms with Gasteiger partial charge in [-0.25, -0.2) is 0 Å². The Morgan fingerprint density at radius 3 is 1.15 bits per heavy atom. The van der Waals surface area contributed by atoms with Crippen molar-refractivity contribution in [2.75, 3.05) is 13.2 Å². The summed E-state index contributed by atoms with van der Waals surface area (Å²) in [5, 5.41) is 0. The quantitative estimate of drug-likeness (QED) is 0.120. The highest BCUT2D eigenvalue weighted by Gasteiger charge is 2.38. The van der Waals surface area contributed by atoms with E-state index in [1.807, 2.05) is 6.07 Å². The number of hydrogen-bond donors (Lipinski definition) is 0. The summed E-state index contributed by atoms with van der Waals surface area (Å²) in [5.41, 5.74) is -4.40. The Balaban J connectivity index is 0.000000280. The highest BCUT2D eigenvalue weighted by Crippen LogP contribution is 2.39. The van der Waals surface area contributed by atoms with Gasteiger partial charge in [-0.2, -0.15) is 52.7 Å². The minimum absolute atomic E-state index is 0.0250. The Bertz CT molecular complexity index is 1600. The fourth-order valence-electron chi connectivity index (χ4n) is 4.51. The van der Waals surface area contributed by atoms with E-state index >= 15 is 0 Å². The molecule has 3 nitrogen and oxygen atoms in total. The van der Waals surface area contributed by atoms with Crippen LogP contribution in [0.25, 0.3) is 5.57 Å². The predicted molar refractivity (Wildman–Crippen MR) is 168 cm³/mol. The fraction of sp³-hybridized carbons (Fsp3) is 0.270.